The Morgan fingerprint density at radius 1 is 1.17 bits per heavy atom. The molecule has 0 aliphatic heterocycles. The van der Waals surface area contributed by atoms with Crippen molar-refractivity contribution in [3.8, 4) is 0 Å². The molecule has 0 atom stereocenters. The van der Waals surface area contributed by atoms with Gasteiger partial charge in [-0.1, -0.05) is 26.0 Å². The number of benzene rings is 1. The number of nitrogens with zero attached hydrogens (tertiary/aromatic N) is 1. The van der Waals surface area contributed by atoms with Crippen LogP contribution < -0.4 is 5.32 Å². The van der Waals surface area contributed by atoms with Crippen molar-refractivity contribution < 1.29 is 14.0 Å². The monoisotopic (exact) mass is 328 g/mol. The Labute approximate surface area is 142 Å². The van der Waals surface area contributed by atoms with Gasteiger partial charge in [-0.2, -0.15) is 0 Å². The maximum absolute atomic E-state index is 12.1. The summed E-state index contributed by atoms with van der Waals surface area (Å²) in [7, 11) is 0. The Kier molecular flexibility index (Phi) is 6.18. The minimum Gasteiger partial charge on any atom is -0.467 e. The lowest BCUT2D eigenvalue weighted by atomic mass is 10.0. The standard InChI is InChI=1S/C19H24N2O3/c1-14(2)16-6-8-17(9-7-16)20-19(23)10-11-21(15(3)22)13-18-5-4-12-24-18/h4-9,12,14H,10-11,13H2,1-3H3,(H,20,23). The molecule has 1 heterocycles. The molecule has 2 amide bonds. The van der Waals surface area contributed by atoms with Gasteiger partial charge in [0, 0.05) is 25.6 Å². The number of furan rings is 1. The molecular formula is C19H24N2O3. The second kappa shape index (κ2) is 8.34. The van der Waals surface area contributed by atoms with Crippen molar-refractivity contribution in [2.45, 2.75) is 39.7 Å². The number of anilines is 1. The van der Waals surface area contributed by atoms with Crippen LogP contribution >= 0.6 is 0 Å². The van der Waals surface area contributed by atoms with Crippen LogP contribution in [0.5, 0.6) is 0 Å². The third-order valence-electron chi connectivity index (χ3n) is 3.84. The molecule has 0 saturated carbocycles. The molecule has 0 radical (unpaired) electrons. The SMILES string of the molecule is CC(=O)N(CCC(=O)Nc1ccc(C(C)C)cc1)Cc1ccco1. The maximum atomic E-state index is 12.1. The molecule has 24 heavy (non-hydrogen) atoms. The van der Waals surface area contributed by atoms with Crippen LogP contribution in [0.3, 0.4) is 0 Å². The molecule has 0 aliphatic rings. The van der Waals surface area contributed by atoms with Crippen molar-refractivity contribution in [2.75, 3.05) is 11.9 Å². The first-order valence-corrected chi connectivity index (χ1v) is 8.13. The molecule has 0 saturated heterocycles. The van der Waals surface area contributed by atoms with Crippen LogP contribution in [-0.2, 0) is 16.1 Å². The number of nitrogens with one attached hydrogen (secondary N) is 1. The molecule has 0 unspecified atom stereocenters. The van der Waals surface area contributed by atoms with Gasteiger partial charge in [-0.25, -0.2) is 0 Å². The first-order chi connectivity index (χ1) is 11.5. The highest BCUT2D eigenvalue weighted by Crippen LogP contribution is 2.17. The maximum Gasteiger partial charge on any atom is 0.226 e. The van der Waals surface area contributed by atoms with Crippen molar-refractivity contribution in [1.82, 2.24) is 4.90 Å². The lowest BCUT2D eigenvalue weighted by Gasteiger charge is -2.19. The van der Waals surface area contributed by atoms with E-state index >= 15 is 0 Å². The normalized spacial score (nSPS) is 10.7. The lowest BCUT2D eigenvalue weighted by molar-refractivity contribution is -0.130. The van der Waals surface area contributed by atoms with Gasteiger partial charge >= 0.3 is 0 Å². The van der Waals surface area contributed by atoms with E-state index in [0.717, 1.165) is 5.69 Å². The van der Waals surface area contributed by atoms with Gasteiger partial charge in [0.05, 0.1) is 12.8 Å². The van der Waals surface area contributed by atoms with Crippen LogP contribution in [0.15, 0.2) is 47.1 Å². The Bertz CT molecular complexity index is 660. The fourth-order valence-corrected chi connectivity index (χ4v) is 2.35. The van der Waals surface area contributed by atoms with Crippen LogP contribution in [0.4, 0.5) is 5.69 Å². The summed E-state index contributed by atoms with van der Waals surface area (Å²) in [6, 6.07) is 11.4. The van der Waals surface area contributed by atoms with Crippen molar-refractivity contribution >= 4 is 17.5 Å². The largest absolute Gasteiger partial charge is 0.467 e. The second-order valence-electron chi connectivity index (χ2n) is 6.09. The van der Waals surface area contributed by atoms with Crippen LogP contribution in [-0.4, -0.2) is 23.3 Å². The Hall–Kier alpha value is -2.56. The van der Waals surface area contributed by atoms with Gasteiger partial charge in [0.25, 0.3) is 0 Å². The van der Waals surface area contributed by atoms with Gasteiger partial charge in [0.2, 0.25) is 11.8 Å². The third-order valence-corrected chi connectivity index (χ3v) is 3.84. The van der Waals surface area contributed by atoms with Crippen molar-refractivity contribution in [3.05, 3.63) is 54.0 Å². The predicted molar refractivity (Wildman–Crippen MR) is 93.6 cm³/mol. The number of amides is 2. The van der Waals surface area contributed by atoms with Gasteiger partial charge in [-0.3, -0.25) is 9.59 Å². The Morgan fingerprint density at radius 3 is 2.42 bits per heavy atom. The van der Waals surface area contributed by atoms with Crippen LogP contribution in [0, 0.1) is 0 Å². The number of hydrogen-bond acceptors (Lipinski definition) is 3. The molecule has 0 fully saturated rings. The van der Waals surface area contributed by atoms with Crippen LogP contribution in [0.25, 0.3) is 0 Å². The quantitative estimate of drug-likeness (QED) is 0.841. The molecular weight excluding hydrogens is 304 g/mol. The average Bonchev–Trinajstić information content (AvgIpc) is 3.04. The molecule has 1 aromatic heterocycles. The van der Waals surface area contributed by atoms with E-state index < -0.39 is 0 Å². The van der Waals surface area contributed by atoms with E-state index in [1.807, 2.05) is 30.3 Å². The molecule has 2 aromatic rings. The van der Waals surface area contributed by atoms with E-state index in [0.29, 0.717) is 24.8 Å². The zero-order chi connectivity index (χ0) is 17.5. The molecule has 2 rings (SSSR count). The number of rotatable bonds is 7. The number of carbonyl (C=O) groups excluding carboxylic acids is 2. The molecule has 0 aliphatic carbocycles. The van der Waals surface area contributed by atoms with Crippen molar-refractivity contribution in [1.29, 1.82) is 0 Å². The minimum absolute atomic E-state index is 0.0829. The van der Waals surface area contributed by atoms with Crippen LogP contribution in [0.2, 0.25) is 0 Å². The average molecular weight is 328 g/mol. The molecule has 1 N–H and O–H groups in total. The topological polar surface area (TPSA) is 62.6 Å². The van der Waals surface area contributed by atoms with E-state index in [2.05, 4.69) is 19.2 Å². The molecule has 1 aromatic carbocycles. The summed E-state index contributed by atoms with van der Waals surface area (Å²) >= 11 is 0. The van der Waals surface area contributed by atoms with E-state index in [4.69, 9.17) is 4.42 Å². The minimum atomic E-state index is -0.113. The first-order valence-electron chi connectivity index (χ1n) is 8.13. The lowest BCUT2D eigenvalue weighted by Crippen LogP contribution is -2.31. The highest BCUT2D eigenvalue weighted by molar-refractivity contribution is 5.91. The van der Waals surface area contributed by atoms with Crippen molar-refractivity contribution in [3.63, 3.8) is 0 Å². The smallest absolute Gasteiger partial charge is 0.226 e. The van der Waals surface area contributed by atoms with Gasteiger partial charge in [-0.15, -0.1) is 0 Å². The molecule has 128 valence electrons. The van der Waals surface area contributed by atoms with Crippen LogP contribution in [0.1, 0.15) is 44.4 Å². The Morgan fingerprint density at radius 2 is 1.88 bits per heavy atom. The summed E-state index contributed by atoms with van der Waals surface area (Å²) in [5.41, 5.74) is 2.00. The summed E-state index contributed by atoms with van der Waals surface area (Å²) < 4.78 is 5.25. The highest BCUT2D eigenvalue weighted by atomic mass is 16.3. The highest BCUT2D eigenvalue weighted by Gasteiger charge is 2.13. The van der Waals surface area contributed by atoms with Gasteiger partial charge < -0.3 is 14.6 Å². The summed E-state index contributed by atoms with van der Waals surface area (Å²) in [4.78, 5) is 25.4. The van der Waals surface area contributed by atoms with E-state index in [9.17, 15) is 9.59 Å². The zero-order valence-corrected chi connectivity index (χ0v) is 14.4. The molecule has 0 bridgehead atoms. The molecule has 5 nitrogen and oxygen atoms in total. The first kappa shape index (κ1) is 17.8. The Balaban J connectivity index is 1.85. The van der Waals surface area contributed by atoms with E-state index in [1.165, 1.54) is 12.5 Å². The number of carbonyl (C=O) groups is 2. The van der Waals surface area contributed by atoms with E-state index in [-0.39, 0.29) is 18.2 Å². The fraction of sp³-hybridized carbons (Fsp3) is 0.368. The summed E-state index contributed by atoms with van der Waals surface area (Å²) in [5.74, 6) is 0.967. The summed E-state index contributed by atoms with van der Waals surface area (Å²) in [6.07, 6.45) is 1.81. The summed E-state index contributed by atoms with van der Waals surface area (Å²) in [5, 5.41) is 2.86. The predicted octanol–water partition coefficient (Wildman–Crippen LogP) is 3.78. The molecule has 5 heteroatoms. The van der Waals surface area contributed by atoms with Gasteiger partial charge in [-0.05, 0) is 35.7 Å². The van der Waals surface area contributed by atoms with Crippen molar-refractivity contribution in [2.24, 2.45) is 0 Å². The fourth-order valence-electron chi connectivity index (χ4n) is 2.35. The molecule has 0 spiro atoms. The van der Waals surface area contributed by atoms with Gasteiger partial charge in [0.15, 0.2) is 0 Å². The second-order valence-corrected chi connectivity index (χ2v) is 6.09. The zero-order valence-electron chi connectivity index (χ0n) is 14.4. The number of hydrogen-bond donors (Lipinski definition) is 1. The van der Waals surface area contributed by atoms with Gasteiger partial charge in [0.1, 0.15) is 5.76 Å². The third kappa shape index (κ3) is 5.26. The van der Waals surface area contributed by atoms with E-state index in [1.54, 1.807) is 17.2 Å². The summed E-state index contributed by atoms with van der Waals surface area (Å²) in [6.45, 7) is 6.47.